The molecule has 2 rings (SSSR count). The predicted molar refractivity (Wildman–Crippen MR) is 115 cm³/mol. The van der Waals surface area contributed by atoms with Gasteiger partial charge in [0.05, 0.1) is 12.6 Å². The number of halogens is 1. The molecule has 8 heteroatoms. The zero-order valence-corrected chi connectivity index (χ0v) is 18.4. The highest BCUT2D eigenvalue weighted by molar-refractivity contribution is 14.0. The summed E-state index contributed by atoms with van der Waals surface area (Å²) in [7, 11) is 3.63. The Kier molecular flexibility index (Phi) is 9.57. The fourth-order valence-electron chi connectivity index (χ4n) is 2.52. The van der Waals surface area contributed by atoms with Gasteiger partial charge in [-0.05, 0) is 31.9 Å². The minimum absolute atomic E-state index is 0. The van der Waals surface area contributed by atoms with Gasteiger partial charge in [0.1, 0.15) is 12.4 Å². The van der Waals surface area contributed by atoms with Crippen LogP contribution in [-0.4, -0.2) is 41.0 Å². The number of hydrogen-bond donors (Lipinski definition) is 2. The first kappa shape index (κ1) is 22.4. The second-order valence-corrected chi connectivity index (χ2v) is 6.03. The molecule has 26 heavy (non-hydrogen) atoms. The lowest BCUT2D eigenvalue weighted by molar-refractivity contribution is 0.203. The van der Waals surface area contributed by atoms with Crippen molar-refractivity contribution in [2.24, 2.45) is 12.0 Å². The Morgan fingerprint density at radius 1 is 1.27 bits per heavy atom. The Labute approximate surface area is 172 Å². The van der Waals surface area contributed by atoms with Crippen LogP contribution in [0.15, 0.2) is 29.3 Å². The molecule has 0 spiro atoms. The van der Waals surface area contributed by atoms with E-state index < -0.39 is 0 Å². The number of benzene rings is 1. The van der Waals surface area contributed by atoms with Gasteiger partial charge in [-0.25, -0.2) is 4.99 Å². The molecular weight excluding hydrogens is 443 g/mol. The van der Waals surface area contributed by atoms with Gasteiger partial charge in [-0.1, -0.05) is 24.3 Å². The highest BCUT2D eigenvalue weighted by Gasteiger charge is 2.11. The van der Waals surface area contributed by atoms with Crippen molar-refractivity contribution in [2.75, 3.05) is 20.3 Å². The number of rotatable bonds is 7. The maximum Gasteiger partial charge on any atom is 0.192 e. The van der Waals surface area contributed by atoms with Crippen molar-refractivity contribution in [3.63, 3.8) is 0 Å². The number of ether oxygens (including phenoxy) is 1. The molecule has 0 aliphatic carbocycles. The molecule has 1 heterocycles. The topological polar surface area (TPSA) is 76.4 Å². The Bertz CT molecular complexity index is 715. The van der Waals surface area contributed by atoms with Crippen LogP contribution in [0.25, 0.3) is 0 Å². The summed E-state index contributed by atoms with van der Waals surface area (Å²) in [6, 6.07) is 8.49. The molecule has 0 bridgehead atoms. The molecule has 0 aliphatic heterocycles. The second kappa shape index (κ2) is 11.1. The molecule has 1 aromatic carbocycles. The van der Waals surface area contributed by atoms with E-state index in [9.17, 15) is 0 Å². The number of guanidine groups is 1. The normalized spacial score (nSPS) is 12.4. The summed E-state index contributed by atoms with van der Waals surface area (Å²) in [5.41, 5.74) is 2.50. The summed E-state index contributed by atoms with van der Waals surface area (Å²) in [5.74, 6) is 2.43. The molecule has 0 saturated heterocycles. The molecule has 0 saturated carbocycles. The van der Waals surface area contributed by atoms with Crippen LogP contribution in [-0.2, 0) is 18.3 Å². The average molecular weight is 472 g/mol. The number of nitrogens with zero attached hydrogens (tertiary/aromatic N) is 4. The maximum absolute atomic E-state index is 5.11. The van der Waals surface area contributed by atoms with Gasteiger partial charge in [-0.2, -0.15) is 0 Å². The smallest absolute Gasteiger partial charge is 0.192 e. The van der Waals surface area contributed by atoms with Gasteiger partial charge in [0, 0.05) is 20.7 Å². The number of methoxy groups -OCH3 is 1. The Balaban J connectivity index is 0.00000338. The van der Waals surface area contributed by atoms with Gasteiger partial charge in [0.2, 0.25) is 0 Å². The van der Waals surface area contributed by atoms with E-state index >= 15 is 0 Å². The van der Waals surface area contributed by atoms with E-state index in [2.05, 4.69) is 57.9 Å². The van der Waals surface area contributed by atoms with E-state index in [1.54, 1.807) is 7.11 Å². The van der Waals surface area contributed by atoms with Gasteiger partial charge >= 0.3 is 0 Å². The molecule has 0 fully saturated rings. The lowest BCUT2D eigenvalue weighted by Gasteiger charge is -2.20. The predicted octanol–water partition coefficient (Wildman–Crippen LogP) is 2.49. The molecule has 2 N–H and O–H groups in total. The fraction of sp³-hybridized carbons (Fsp3) is 0.500. The van der Waals surface area contributed by atoms with Gasteiger partial charge in [-0.15, -0.1) is 34.2 Å². The lowest BCUT2D eigenvalue weighted by atomic mass is 10.0. The van der Waals surface area contributed by atoms with Crippen LogP contribution >= 0.6 is 24.0 Å². The van der Waals surface area contributed by atoms with E-state index in [1.807, 2.05) is 24.6 Å². The minimum atomic E-state index is 0. The number of nitrogens with one attached hydrogen (secondary N) is 2. The summed E-state index contributed by atoms with van der Waals surface area (Å²) in [6.07, 6.45) is 0. The van der Waals surface area contributed by atoms with Gasteiger partial charge in [0.15, 0.2) is 11.8 Å². The van der Waals surface area contributed by atoms with Crippen molar-refractivity contribution in [3.05, 3.63) is 47.0 Å². The number of aryl methyl sites for hydroxylation is 2. The molecule has 2 aromatic rings. The van der Waals surface area contributed by atoms with Crippen LogP contribution in [0.1, 0.15) is 35.7 Å². The monoisotopic (exact) mass is 472 g/mol. The van der Waals surface area contributed by atoms with Crippen LogP contribution in [0.5, 0.6) is 0 Å². The van der Waals surface area contributed by atoms with Crippen LogP contribution in [0.4, 0.5) is 0 Å². The summed E-state index contributed by atoms with van der Waals surface area (Å²) in [6.45, 7) is 7.92. The molecule has 0 aliphatic rings. The van der Waals surface area contributed by atoms with Crippen molar-refractivity contribution in [3.8, 4) is 0 Å². The Morgan fingerprint density at radius 3 is 2.62 bits per heavy atom. The molecule has 0 amide bonds. The third kappa shape index (κ3) is 6.24. The Morgan fingerprint density at radius 2 is 2.00 bits per heavy atom. The molecule has 1 aromatic heterocycles. The van der Waals surface area contributed by atoms with Crippen LogP contribution < -0.4 is 10.6 Å². The summed E-state index contributed by atoms with van der Waals surface area (Å²) < 4.78 is 7.06. The van der Waals surface area contributed by atoms with E-state index in [0.29, 0.717) is 19.7 Å². The quantitative estimate of drug-likeness (QED) is 0.280. The van der Waals surface area contributed by atoms with Crippen LogP contribution in [0.2, 0.25) is 0 Å². The van der Waals surface area contributed by atoms with Crippen molar-refractivity contribution in [1.82, 2.24) is 25.4 Å². The van der Waals surface area contributed by atoms with Crippen LogP contribution in [0, 0.1) is 13.8 Å². The van der Waals surface area contributed by atoms with Crippen molar-refractivity contribution >= 4 is 29.9 Å². The van der Waals surface area contributed by atoms with Crippen molar-refractivity contribution in [2.45, 2.75) is 33.4 Å². The third-order valence-electron chi connectivity index (χ3n) is 4.17. The number of aromatic nitrogens is 3. The molecule has 1 atom stereocenters. The first-order valence-corrected chi connectivity index (χ1v) is 8.47. The zero-order valence-electron chi connectivity index (χ0n) is 16.1. The minimum Gasteiger partial charge on any atom is -0.383 e. The van der Waals surface area contributed by atoms with E-state index in [1.165, 1.54) is 11.1 Å². The zero-order chi connectivity index (χ0) is 18.2. The summed E-state index contributed by atoms with van der Waals surface area (Å²) in [4.78, 5) is 4.65. The van der Waals surface area contributed by atoms with Crippen LogP contribution in [0.3, 0.4) is 0 Å². The molecule has 7 nitrogen and oxygen atoms in total. The maximum atomic E-state index is 5.11. The second-order valence-electron chi connectivity index (χ2n) is 6.03. The standard InChI is InChI=1S/C18H28N6O.HI/c1-13-8-6-7-9-16(13)14(2)21-18(19-10-11-25-5)20-12-17-23-22-15(3)24(17)4;/h6-9,14H,10-12H2,1-5H3,(H2,19,20,21);1H. The number of hydrogen-bond acceptors (Lipinski definition) is 4. The fourth-order valence-corrected chi connectivity index (χ4v) is 2.52. The summed E-state index contributed by atoms with van der Waals surface area (Å²) in [5, 5.41) is 15.0. The van der Waals surface area contributed by atoms with Crippen molar-refractivity contribution < 1.29 is 4.74 Å². The Hall–Kier alpha value is -1.68. The largest absolute Gasteiger partial charge is 0.383 e. The summed E-state index contributed by atoms with van der Waals surface area (Å²) >= 11 is 0. The average Bonchev–Trinajstić information content (AvgIpc) is 2.92. The van der Waals surface area contributed by atoms with E-state index in [0.717, 1.165) is 17.6 Å². The van der Waals surface area contributed by atoms with E-state index in [4.69, 9.17) is 4.74 Å². The number of aliphatic imine (C=N–C) groups is 1. The third-order valence-corrected chi connectivity index (χ3v) is 4.17. The highest BCUT2D eigenvalue weighted by Crippen LogP contribution is 2.16. The first-order chi connectivity index (χ1) is 12.0. The molecular formula is C18H29IN6O. The van der Waals surface area contributed by atoms with Gasteiger partial charge in [0.25, 0.3) is 0 Å². The lowest BCUT2D eigenvalue weighted by Crippen LogP contribution is -2.40. The van der Waals surface area contributed by atoms with Crippen molar-refractivity contribution in [1.29, 1.82) is 0 Å². The molecule has 0 radical (unpaired) electrons. The van der Waals surface area contributed by atoms with Gasteiger partial charge in [-0.3, -0.25) is 0 Å². The SMILES string of the molecule is COCCNC(=NCc1nnc(C)n1C)NC(C)c1ccccc1C.I. The molecule has 144 valence electrons. The van der Waals surface area contributed by atoms with Gasteiger partial charge < -0.3 is 19.9 Å². The van der Waals surface area contributed by atoms with E-state index in [-0.39, 0.29) is 30.0 Å². The molecule has 1 unspecified atom stereocenters. The first-order valence-electron chi connectivity index (χ1n) is 8.47. The highest BCUT2D eigenvalue weighted by atomic mass is 127.